The standard InChI is InChI=1S/C28H27F3N4O3.C26H27FN4O2/c29-24-16-21(25(36)17-33-27(37)26(30)31)4-5-22(24)18-35(28(38)34-14-2-1-3-15-34)23-8-6-19(7-9-23)20-10-12-32-13-11-20;27-24-16-21(25(32)17-28)4-5-22(24)18-31(26(33)30-14-2-1-3-15-30)23-8-6-19(7-9-23)20-10-12-29-13-11-20/h4-13,16,26H,1-3,14-15,17-18H2,(H,33,37);4-13,16H,1-3,14-15,17-18,28H2. The number of carbonyl (C=O) groups excluding carboxylic acids is 5. The van der Waals surface area contributed by atoms with Gasteiger partial charge in [-0.05, 0) is 121 Å². The molecule has 0 aliphatic carbocycles. The SMILES string of the molecule is NCC(=O)c1ccc(CN(C(=O)N2CCCCC2)c2ccc(-c3ccncc3)cc2)c(F)c1.O=C(CNC(=O)C(F)F)c1ccc(CN(C(=O)N2CCCCC2)c2ccc(-c3ccncc3)cc2)c(F)c1. The fraction of sp³-hybridized carbons (Fsp3) is 0.278. The van der Waals surface area contributed by atoms with Crippen LogP contribution in [0.1, 0.15) is 70.4 Å². The Kier molecular flexibility index (Phi) is 17.7. The number of piperidine rings is 2. The number of ketones is 2. The molecule has 2 fully saturated rings. The molecule has 0 unspecified atom stereocenters. The summed E-state index contributed by atoms with van der Waals surface area (Å²) in [6.07, 6.45) is 9.48. The Labute approximate surface area is 409 Å². The van der Waals surface area contributed by atoms with Gasteiger partial charge >= 0.3 is 18.5 Å². The molecule has 368 valence electrons. The Hall–Kier alpha value is -7.79. The summed E-state index contributed by atoms with van der Waals surface area (Å²) in [6.45, 7) is 1.75. The molecule has 0 atom stereocenters. The van der Waals surface area contributed by atoms with Gasteiger partial charge in [-0.25, -0.2) is 18.4 Å². The molecule has 0 radical (unpaired) electrons. The first kappa shape index (κ1) is 51.1. The largest absolute Gasteiger partial charge is 0.344 e. The smallest absolute Gasteiger partial charge is 0.324 e. The van der Waals surface area contributed by atoms with Crippen molar-refractivity contribution in [3.8, 4) is 22.3 Å². The van der Waals surface area contributed by atoms with Crippen molar-refractivity contribution in [1.29, 1.82) is 0 Å². The van der Waals surface area contributed by atoms with Gasteiger partial charge in [-0.2, -0.15) is 8.78 Å². The van der Waals surface area contributed by atoms with Crippen LogP contribution < -0.4 is 20.9 Å². The van der Waals surface area contributed by atoms with Crippen LogP contribution in [0.25, 0.3) is 22.3 Å². The molecule has 8 rings (SSSR count). The lowest BCUT2D eigenvalue weighted by molar-refractivity contribution is -0.131. The van der Waals surface area contributed by atoms with Gasteiger partial charge in [0, 0.05) is 84.6 Å². The van der Waals surface area contributed by atoms with Crippen LogP contribution in [0.4, 0.5) is 38.5 Å². The van der Waals surface area contributed by atoms with Crippen LogP contribution in [0.3, 0.4) is 0 Å². The molecular formula is C54H54F4N8O5. The van der Waals surface area contributed by atoms with E-state index in [1.54, 1.807) is 58.9 Å². The highest BCUT2D eigenvalue weighted by Gasteiger charge is 2.27. The third kappa shape index (κ3) is 13.5. The second-order valence-electron chi connectivity index (χ2n) is 17.1. The number of nitrogens with one attached hydrogen (secondary N) is 1. The van der Waals surface area contributed by atoms with Gasteiger partial charge in [0.05, 0.1) is 26.2 Å². The minimum atomic E-state index is -3.25. The Morgan fingerprint density at radius 3 is 1.28 bits per heavy atom. The molecule has 13 nitrogen and oxygen atoms in total. The van der Waals surface area contributed by atoms with E-state index >= 15 is 4.39 Å². The number of amides is 5. The third-order valence-electron chi connectivity index (χ3n) is 12.3. The molecule has 2 aliphatic heterocycles. The van der Waals surface area contributed by atoms with E-state index in [0.717, 1.165) is 66.8 Å². The molecule has 5 amide bonds. The number of pyridine rings is 2. The molecule has 2 saturated heterocycles. The molecule has 17 heteroatoms. The number of rotatable bonds is 14. The first-order chi connectivity index (χ1) is 34.4. The van der Waals surface area contributed by atoms with E-state index in [1.165, 1.54) is 23.1 Å². The molecule has 2 aromatic heterocycles. The highest BCUT2D eigenvalue weighted by molar-refractivity contribution is 6.00. The van der Waals surface area contributed by atoms with E-state index in [9.17, 15) is 37.1 Å². The number of halogens is 4. The lowest BCUT2D eigenvalue weighted by Gasteiger charge is -2.33. The quantitative estimate of drug-likeness (QED) is 0.0806. The molecule has 0 saturated carbocycles. The van der Waals surface area contributed by atoms with Gasteiger partial charge in [0.15, 0.2) is 11.6 Å². The molecule has 3 N–H and O–H groups in total. The van der Waals surface area contributed by atoms with Crippen LogP contribution in [0.2, 0.25) is 0 Å². The van der Waals surface area contributed by atoms with Crippen molar-refractivity contribution in [2.75, 3.05) is 49.1 Å². The summed E-state index contributed by atoms with van der Waals surface area (Å²) in [7, 11) is 0. The van der Waals surface area contributed by atoms with Crippen molar-refractivity contribution in [1.82, 2.24) is 25.1 Å². The van der Waals surface area contributed by atoms with Gasteiger partial charge in [0.2, 0.25) is 0 Å². The number of alkyl halides is 2. The van der Waals surface area contributed by atoms with Gasteiger partial charge in [0.1, 0.15) is 11.6 Å². The Morgan fingerprint density at radius 1 is 0.535 bits per heavy atom. The molecule has 4 heterocycles. The van der Waals surface area contributed by atoms with Gasteiger partial charge in [0.25, 0.3) is 5.91 Å². The zero-order valence-electron chi connectivity index (χ0n) is 39.0. The second kappa shape index (κ2) is 24.7. The first-order valence-corrected chi connectivity index (χ1v) is 23.4. The van der Waals surface area contributed by atoms with Gasteiger partial charge in [-0.1, -0.05) is 48.5 Å². The lowest BCUT2D eigenvalue weighted by Crippen LogP contribution is -2.45. The fourth-order valence-electron chi connectivity index (χ4n) is 8.31. The number of nitrogens with two attached hydrogens (primary N) is 1. The summed E-state index contributed by atoms with van der Waals surface area (Å²) in [4.78, 5) is 76.8. The highest BCUT2D eigenvalue weighted by Crippen LogP contribution is 2.29. The van der Waals surface area contributed by atoms with Crippen LogP contribution in [0.5, 0.6) is 0 Å². The number of Topliss-reactive ketones (excluding diaryl/α,β-unsaturated/α-hetero) is 2. The molecule has 6 aromatic rings. The van der Waals surface area contributed by atoms with Crippen LogP contribution in [0.15, 0.2) is 134 Å². The number of hydrogen-bond acceptors (Lipinski definition) is 8. The summed E-state index contributed by atoms with van der Waals surface area (Å²) in [5.74, 6) is -3.86. The summed E-state index contributed by atoms with van der Waals surface area (Å²) >= 11 is 0. The molecule has 0 bridgehead atoms. The number of anilines is 2. The average Bonchev–Trinajstić information content (AvgIpc) is 3.42. The number of hydrogen-bond donors (Lipinski definition) is 2. The van der Waals surface area contributed by atoms with Crippen LogP contribution >= 0.6 is 0 Å². The maximum absolute atomic E-state index is 15.1. The van der Waals surface area contributed by atoms with Crippen LogP contribution in [0, 0.1) is 11.6 Å². The van der Waals surface area contributed by atoms with E-state index < -0.39 is 36.3 Å². The second-order valence-corrected chi connectivity index (χ2v) is 17.1. The van der Waals surface area contributed by atoms with Crippen molar-refractivity contribution in [3.63, 3.8) is 0 Å². The predicted octanol–water partition coefficient (Wildman–Crippen LogP) is 9.71. The number of nitrogens with zero attached hydrogens (tertiary/aromatic N) is 6. The number of urea groups is 2. The Bertz CT molecular complexity index is 2770. The fourth-order valence-corrected chi connectivity index (χ4v) is 8.31. The molecule has 4 aromatic carbocycles. The first-order valence-electron chi connectivity index (χ1n) is 23.4. The summed E-state index contributed by atoms with van der Waals surface area (Å²) < 4.78 is 54.6. The summed E-state index contributed by atoms with van der Waals surface area (Å²) in [6, 6.07) is 30.3. The monoisotopic (exact) mass is 970 g/mol. The number of carbonyl (C=O) groups is 5. The topological polar surface area (TPSA) is 162 Å². The van der Waals surface area contributed by atoms with Crippen molar-refractivity contribution < 1.29 is 41.5 Å². The normalized spacial score (nSPS) is 13.4. The minimum Gasteiger partial charge on any atom is -0.344 e. The highest BCUT2D eigenvalue weighted by atomic mass is 19.3. The number of aromatic nitrogens is 2. The van der Waals surface area contributed by atoms with E-state index in [1.807, 2.05) is 70.9 Å². The third-order valence-corrected chi connectivity index (χ3v) is 12.3. The molecule has 0 spiro atoms. The van der Waals surface area contributed by atoms with Crippen LogP contribution in [-0.2, 0) is 17.9 Å². The minimum absolute atomic E-state index is 0.0624. The molecular weight excluding hydrogens is 917 g/mol. The average molecular weight is 971 g/mol. The van der Waals surface area contributed by atoms with Gasteiger partial charge in [-0.3, -0.25) is 34.2 Å². The van der Waals surface area contributed by atoms with E-state index in [2.05, 4.69) is 9.97 Å². The predicted molar refractivity (Wildman–Crippen MR) is 263 cm³/mol. The maximum atomic E-state index is 15.1. The van der Waals surface area contributed by atoms with Crippen molar-refractivity contribution >= 4 is 40.9 Å². The Balaban J connectivity index is 0.000000211. The van der Waals surface area contributed by atoms with Crippen molar-refractivity contribution in [3.05, 3.63) is 168 Å². The van der Waals surface area contributed by atoms with Crippen molar-refractivity contribution in [2.45, 2.75) is 58.0 Å². The zero-order chi connectivity index (χ0) is 50.3. The van der Waals surface area contributed by atoms with E-state index in [0.29, 0.717) is 43.1 Å². The van der Waals surface area contributed by atoms with Gasteiger partial charge < -0.3 is 20.9 Å². The number of benzene rings is 4. The lowest BCUT2D eigenvalue weighted by atomic mass is 10.1. The molecule has 2 aliphatic rings. The maximum Gasteiger partial charge on any atom is 0.324 e. The van der Waals surface area contributed by atoms with Crippen molar-refractivity contribution in [2.24, 2.45) is 5.73 Å². The molecule has 71 heavy (non-hydrogen) atoms. The summed E-state index contributed by atoms with van der Waals surface area (Å²) in [5, 5.41) is 1.81. The summed E-state index contributed by atoms with van der Waals surface area (Å²) in [5.41, 5.74) is 11.3. The van der Waals surface area contributed by atoms with Crippen LogP contribution in [-0.4, -0.2) is 95.0 Å². The zero-order valence-corrected chi connectivity index (χ0v) is 39.0. The van der Waals surface area contributed by atoms with E-state index in [4.69, 9.17) is 5.73 Å². The number of likely N-dealkylation sites (tertiary alicyclic amines) is 2. The van der Waals surface area contributed by atoms with Gasteiger partial charge in [-0.15, -0.1) is 0 Å². The van der Waals surface area contributed by atoms with E-state index in [-0.39, 0.29) is 54.2 Å². The Morgan fingerprint density at radius 2 is 0.915 bits per heavy atom.